The van der Waals surface area contributed by atoms with Gasteiger partial charge in [-0.25, -0.2) is 0 Å². The van der Waals surface area contributed by atoms with E-state index in [-0.39, 0.29) is 5.91 Å². The van der Waals surface area contributed by atoms with Crippen molar-refractivity contribution in [3.8, 4) is 0 Å². The second kappa shape index (κ2) is 6.35. The van der Waals surface area contributed by atoms with Crippen LogP contribution in [0.5, 0.6) is 0 Å². The van der Waals surface area contributed by atoms with Gasteiger partial charge >= 0.3 is 0 Å². The molecule has 0 N–H and O–H groups in total. The van der Waals surface area contributed by atoms with Gasteiger partial charge in [0, 0.05) is 22.5 Å². The molecule has 0 saturated carbocycles. The summed E-state index contributed by atoms with van der Waals surface area (Å²) in [6, 6.07) is 15.4. The lowest BCUT2D eigenvalue weighted by Gasteiger charge is -2.18. The first-order valence-corrected chi connectivity index (χ1v) is 7.41. The van der Waals surface area contributed by atoms with E-state index in [2.05, 4.69) is 31.9 Å². The zero-order valence-electron chi connectivity index (χ0n) is 10.4. The van der Waals surface area contributed by atoms with Crippen molar-refractivity contribution < 1.29 is 4.79 Å². The molecule has 0 aliphatic heterocycles. The normalized spacial score (nSPS) is 10.3. The molecule has 2 aromatic rings. The first kappa shape index (κ1) is 14.3. The number of rotatable bonds is 3. The van der Waals surface area contributed by atoms with Gasteiger partial charge in [0.1, 0.15) is 0 Å². The molecule has 0 radical (unpaired) electrons. The minimum atomic E-state index is 0.00690. The van der Waals surface area contributed by atoms with E-state index in [1.54, 1.807) is 4.90 Å². The van der Waals surface area contributed by atoms with Gasteiger partial charge in [0.15, 0.2) is 0 Å². The van der Waals surface area contributed by atoms with Crippen LogP contribution in [-0.2, 0) is 6.54 Å². The fourth-order valence-electron chi connectivity index (χ4n) is 1.82. The van der Waals surface area contributed by atoms with E-state index in [0.717, 1.165) is 14.5 Å². The predicted molar refractivity (Wildman–Crippen MR) is 84.1 cm³/mol. The maximum Gasteiger partial charge on any atom is 0.255 e. The van der Waals surface area contributed by atoms with Gasteiger partial charge in [-0.3, -0.25) is 4.79 Å². The fourth-order valence-corrected chi connectivity index (χ4v) is 2.72. The standard InChI is InChI=1S/C15H13Br2NO/c1-18(10-11-5-4-6-12(16)9-11)15(19)13-7-2-3-8-14(13)17/h2-9H,10H2,1H3. The average molecular weight is 383 g/mol. The number of amides is 1. The van der Waals surface area contributed by atoms with Gasteiger partial charge in [0.2, 0.25) is 0 Å². The Bertz CT molecular complexity index is 598. The number of carbonyl (C=O) groups is 1. The lowest BCUT2D eigenvalue weighted by Crippen LogP contribution is -2.26. The van der Waals surface area contributed by atoms with Crippen LogP contribution >= 0.6 is 31.9 Å². The molecule has 0 spiro atoms. The van der Waals surface area contributed by atoms with Gasteiger partial charge in [-0.15, -0.1) is 0 Å². The lowest BCUT2D eigenvalue weighted by atomic mass is 10.1. The third-order valence-electron chi connectivity index (χ3n) is 2.76. The SMILES string of the molecule is CN(Cc1cccc(Br)c1)C(=O)c1ccccc1Br. The highest BCUT2D eigenvalue weighted by molar-refractivity contribution is 9.10. The van der Waals surface area contributed by atoms with Gasteiger partial charge in [-0.05, 0) is 45.8 Å². The van der Waals surface area contributed by atoms with E-state index in [0.29, 0.717) is 12.1 Å². The highest BCUT2D eigenvalue weighted by Crippen LogP contribution is 2.19. The molecule has 0 bridgehead atoms. The monoisotopic (exact) mass is 381 g/mol. The Hall–Kier alpha value is -1.13. The molecule has 2 nitrogen and oxygen atoms in total. The van der Waals surface area contributed by atoms with Crippen molar-refractivity contribution in [1.82, 2.24) is 4.90 Å². The molecule has 0 aliphatic carbocycles. The van der Waals surface area contributed by atoms with E-state index in [9.17, 15) is 4.79 Å². The molecule has 0 heterocycles. The van der Waals surface area contributed by atoms with Gasteiger partial charge in [0.25, 0.3) is 5.91 Å². The second-order valence-electron chi connectivity index (χ2n) is 4.27. The Labute approximate surface area is 129 Å². The summed E-state index contributed by atoms with van der Waals surface area (Å²) in [7, 11) is 1.81. The van der Waals surface area contributed by atoms with Gasteiger partial charge in [-0.1, -0.05) is 40.2 Å². The van der Waals surface area contributed by atoms with E-state index in [1.807, 2.05) is 55.6 Å². The molecule has 1 amide bonds. The highest BCUT2D eigenvalue weighted by atomic mass is 79.9. The first-order valence-electron chi connectivity index (χ1n) is 5.82. The van der Waals surface area contributed by atoms with E-state index in [1.165, 1.54) is 0 Å². The van der Waals surface area contributed by atoms with Crippen LogP contribution in [0.25, 0.3) is 0 Å². The summed E-state index contributed by atoms with van der Waals surface area (Å²) in [5, 5.41) is 0. The Kier molecular flexibility index (Phi) is 4.77. The number of hydrogen-bond acceptors (Lipinski definition) is 1. The number of nitrogens with zero attached hydrogens (tertiary/aromatic N) is 1. The molecular weight excluding hydrogens is 370 g/mol. The van der Waals surface area contributed by atoms with Crippen molar-refractivity contribution in [2.75, 3.05) is 7.05 Å². The van der Waals surface area contributed by atoms with Gasteiger partial charge in [0.05, 0.1) is 5.56 Å². The molecule has 4 heteroatoms. The molecule has 98 valence electrons. The zero-order chi connectivity index (χ0) is 13.8. The molecule has 19 heavy (non-hydrogen) atoms. The molecule has 0 atom stereocenters. The van der Waals surface area contributed by atoms with Crippen LogP contribution in [0.15, 0.2) is 57.5 Å². The fraction of sp³-hybridized carbons (Fsp3) is 0.133. The molecule has 0 fully saturated rings. The van der Waals surface area contributed by atoms with Crippen LogP contribution in [0.2, 0.25) is 0 Å². The molecule has 0 aliphatic rings. The maximum absolute atomic E-state index is 12.3. The van der Waals surface area contributed by atoms with Gasteiger partial charge < -0.3 is 4.90 Å². The summed E-state index contributed by atoms with van der Waals surface area (Å²) in [4.78, 5) is 14.0. The van der Waals surface area contributed by atoms with Crippen LogP contribution in [0, 0.1) is 0 Å². The van der Waals surface area contributed by atoms with E-state index in [4.69, 9.17) is 0 Å². The Morgan fingerprint density at radius 1 is 1.11 bits per heavy atom. The Morgan fingerprint density at radius 3 is 2.53 bits per heavy atom. The Balaban J connectivity index is 2.14. The number of carbonyl (C=O) groups excluding carboxylic acids is 1. The summed E-state index contributed by atoms with van der Waals surface area (Å²) in [6.45, 7) is 0.583. The van der Waals surface area contributed by atoms with Crippen molar-refractivity contribution in [2.24, 2.45) is 0 Å². The molecule has 0 saturated heterocycles. The smallest absolute Gasteiger partial charge is 0.255 e. The van der Waals surface area contributed by atoms with Crippen LogP contribution in [0.1, 0.15) is 15.9 Å². The zero-order valence-corrected chi connectivity index (χ0v) is 13.6. The van der Waals surface area contributed by atoms with Crippen LogP contribution in [0.4, 0.5) is 0 Å². The maximum atomic E-state index is 12.3. The quantitative estimate of drug-likeness (QED) is 0.766. The summed E-state index contributed by atoms with van der Waals surface area (Å²) in [5.74, 6) is 0.00690. The van der Waals surface area contributed by atoms with Crippen molar-refractivity contribution in [1.29, 1.82) is 0 Å². The van der Waals surface area contributed by atoms with Gasteiger partial charge in [-0.2, -0.15) is 0 Å². The summed E-state index contributed by atoms with van der Waals surface area (Å²) in [6.07, 6.45) is 0. The van der Waals surface area contributed by atoms with Crippen molar-refractivity contribution in [3.63, 3.8) is 0 Å². The number of halogens is 2. The molecule has 0 aromatic heterocycles. The largest absolute Gasteiger partial charge is 0.337 e. The average Bonchev–Trinajstić information content (AvgIpc) is 2.38. The predicted octanol–water partition coefficient (Wildman–Crippen LogP) is 4.48. The van der Waals surface area contributed by atoms with Crippen LogP contribution < -0.4 is 0 Å². The summed E-state index contributed by atoms with van der Waals surface area (Å²) < 4.78 is 1.84. The van der Waals surface area contributed by atoms with Crippen molar-refractivity contribution in [2.45, 2.75) is 6.54 Å². The highest BCUT2D eigenvalue weighted by Gasteiger charge is 2.14. The minimum Gasteiger partial charge on any atom is -0.337 e. The second-order valence-corrected chi connectivity index (χ2v) is 6.04. The number of benzene rings is 2. The molecule has 2 aromatic carbocycles. The van der Waals surface area contributed by atoms with E-state index < -0.39 is 0 Å². The van der Waals surface area contributed by atoms with E-state index >= 15 is 0 Å². The minimum absolute atomic E-state index is 0.00690. The molecule has 0 unspecified atom stereocenters. The third kappa shape index (κ3) is 3.67. The summed E-state index contributed by atoms with van der Waals surface area (Å²) >= 11 is 6.84. The topological polar surface area (TPSA) is 20.3 Å². The Morgan fingerprint density at radius 2 is 1.84 bits per heavy atom. The van der Waals surface area contributed by atoms with Crippen LogP contribution in [-0.4, -0.2) is 17.9 Å². The third-order valence-corrected chi connectivity index (χ3v) is 3.94. The molecule has 2 rings (SSSR count). The van der Waals surface area contributed by atoms with Crippen molar-refractivity contribution >= 4 is 37.8 Å². The first-order chi connectivity index (χ1) is 9.08. The van der Waals surface area contributed by atoms with Crippen LogP contribution in [0.3, 0.4) is 0 Å². The summed E-state index contributed by atoms with van der Waals surface area (Å²) in [5.41, 5.74) is 1.78. The number of hydrogen-bond donors (Lipinski definition) is 0. The lowest BCUT2D eigenvalue weighted by molar-refractivity contribution is 0.0784. The molecular formula is C15H13Br2NO. The van der Waals surface area contributed by atoms with Crippen molar-refractivity contribution in [3.05, 3.63) is 68.6 Å².